The van der Waals surface area contributed by atoms with E-state index in [2.05, 4.69) is 49.2 Å². The molecule has 0 aliphatic carbocycles. The van der Waals surface area contributed by atoms with E-state index in [1.807, 2.05) is 18.2 Å². The van der Waals surface area contributed by atoms with Gasteiger partial charge in [0.15, 0.2) is 0 Å². The van der Waals surface area contributed by atoms with E-state index in [1.165, 1.54) is 5.69 Å². The first-order valence-electron chi connectivity index (χ1n) is 8.84. The van der Waals surface area contributed by atoms with Crippen LogP contribution in [0.15, 0.2) is 54.6 Å². The fourth-order valence-electron chi connectivity index (χ4n) is 3.27. The molecule has 3 rings (SSSR count). The summed E-state index contributed by atoms with van der Waals surface area (Å²) in [5.74, 6) is 0. The van der Waals surface area contributed by atoms with Crippen LogP contribution >= 0.6 is 0 Å². The Morgan fingerprint density at radius 2 is 1.62 bits per heavy atom. The van der Waals surface area contributed by atoms with Crippen LogP contribution in [-0.4, -0.2) is 18.0 Å². The predicted octanol–water partition coefficient (Wildman–Crippen LogP) is 5.65. The number of hydrogen-bond acceptors (Lipinski definition) is 4. The van der Waals surface area contributed by atoms with Gasteiger partial charge < -0.3 is 10.2 Å². The highest BCUT2D eigenvalue weighted by Crippen LogP contribution is 2.34. The lowest BCUT2D eigenvalue weighted by Gasteiger charge is -2.22. The van der Waals surface area contributed by atoms with Gasteiger partial charge in [0.25, 0.3) is 5.69 Å². The van der Waals surface area contributed by atoms with Crippen molar-refractivity contribution in [3.8, 4) is 0 Å². The molecule has 0 fully saturated rings. The fraction of sp³-hybridized carbons (Fsp3) is 0.238. The van der Waals surface area contributed by atoms with Crippen molar-refractivity contribution in [2.24, 2.45) is 0 Å². The fourth-order valence-corrected chi connectivity index (χ4v) is 3.27. The minimum atomic E-state index is -0.337. The number of nitro groups is 1. The van der Waals surface area contributed by atoms with E-state index in [1.54, 1.807) is 18.2 Å². The number of fused-ring (bicyclic) bond motifs is 1. The molecule has 0 saturated carbocycles. The number of hydrogen-bond donors (Lipinski definition) is 1. The van der Waals surface area contributed by atoms with Gasteiger partial charge in [0, 0.05) is 41.6 Å². The van der Waals surface area contributed by atoms with E-state index in [0.29, 0.717) is 5.39 Å². The zero-order chi connectivity index (χ0) is 18.7. The molecule has 0 saturated heterocycles. The number of non-ortho nitro benzene ring substituents is 1. The van der Waals surface area contributed by atoms with Gasteiger partial charge in [-0.25, -0.2) is 0 Å². The van der Waals surface area contributed by atoms with E-state index >= 15 is 0 Å². The summed E-state index contributed by atoms with van der Waals surface area (Å²) < 4.78 is 0. The quantitative estimate of drug-likeness (QED) is 0.462. The Morgan fingerprint density at radius 1 is 0.962 bits per heavy atom. The maximum atomic E-state index is 11.3. The number of benzene rings is 3. The second-order valence-electron chi connectivity index (χ2n) is 6.23. The van der Waals surface area contributed by atoms with Crippen molar-refractivity contribution < 1.29 is 4.92 Å². The van der Waals surface area contributed by atoms with Crippen molar-refractivity contribution in [1.82, 2.24) is 0 Å². The number of nitrogens with one attached hydrogen (secondary N) is 1. The number of nitro benzene ring substituents is 1. The van der Waals surface area contributed by atoms with Crippen LogP contribution in [0.25, 0.3) is 10.8 Å². The summed E-state index contributed by atoms with van der Waals surface area (Å²) in [6, 6.07) is 17.1. The number of nitrogens with zero attached hydrogens (tertiary/aromatic N) is 2. The Bertz CT molecular complexity index is 949. The lowest BCUT2D eigenvalue weighted by molar-refractivity contribution is -0.383. The molecule has 3 aromatic rings. The second-order valence-corrected chi connectivity index (χ2v) is 6.23. The van der Waals surface area contributed by atoms with Crippen LogP contribution < -0.4 is 10.2 Å². The van der Waals surface area contributed by atoms with Crippen molar-refractivity contribution in [1.29, 1.82) is 0 Å². The molecule has 0 spiro atoms. The molecule has 0 aromatic heterocycles. The van der Waals surface area contributed by atoms with Crippen molar-refractivity contribution >= 4 is 33.5 Å². The number of aryl methyl sites for hydroxylation is 1. The van der Waals surface area contributed by atoms with Crippen LogP contribution in [0.3, 0.4) is 0 Å². The monoisotopic (exact) mass is 349 g/mol. The molecule has 0 amide bonds. The lowest BCUT2D eigenvalue weighted by Crippen LogP contribution is -2.21. The van der Waals surface area contributed by atoms with Crippen LogP contribution in [0.4, 0.5) is 22.7 Å². The molecule has 0 aliphatic rings. The topological polar surface area (TPSA) is 58.4 Å². The Balaban J connectivity index is 2.00. The van der Waals surface area contributed by atoms with Gasteiger partial charge in [-0.05, 0) is 56.7 Å². The molecule has 26 heavy (non-hydrogen) atoms. The molecule has 0 atom stereocenters. The highest BCUT2D eigenvalue weighted by atomic mass is 16.6. The van der Waals surface area contributed by atoms with Crippen molar-refractivity contribution in [3.05, 3.63) is 70.3 Å². The predicted molar refractivity (Wildman–Crippen MR) is 109 cm³/mol. The molecule has 1 N–H and O–H groups in total. The zero-order valence-corrected chi connectivity index (χ0v) is 15.3. The smallest absolute Gasteiger partial charge is 0.277 e. The highest BCUT2D eigenvalue weighted by molar-refractivity contribution is 6.00. The van der Waals surface area contributed by atoms with Gasteiger partial charge in [-0.2, -0.15) is 0 Å². The molecular weight excluding hydrogens is 326 g/mol. The molecule has 0 bridgehead atoms. The van der Waals surface area contributed by atoms with Gasteiger partial charge in [0.05, 0.1) is 10.3 Å². The summed E-state index contributed by atoms with van der Waals surface area (Å²) in [4.78, 5) is 13.2. The van der Waals surface area contributed by atoms with E-state index in [-0.39, 0.29) is 10.6 Å². The molecule has 134 valence electrons. The van der Waals surface area contributed by atoms with Crippen LogP contribution in [-0.2, 0) is 0 Å². The minimum Gasteiger partial charge on any atom is -0.372 e. The first kappa shape index (κ1) is 17.7. The van der Waals surface area contributed by atoms with Crippen LogP contribution in [0.5, 0.6) is 0 Å². The average molecular weight is 349 g/mol. The molecule has 3 aromatic carbocycles. The van der Waals surface area contributed by atoms with Gasteiger partial charge >= 0.3 is 0 Å². The standard InChI is InChI=1S/C21H23N3O2/c1-4-23(5-2)16-10-11-19(15(3)14-16)22-20-12-13-21(24(25)26)18-9-7-6-8-17(18)20/h6-14,22H,4-5H2,1-3H3. The number of anilines is 3. The molecule has 5 heteroatoms. The van der Waals surface area contributed by atoms with E-state index in [9.17, 15) is 10.1 Å². The van der Waals surface area contributed by atoms with Gasteiger partial charge in [-0.15, -0.1) is 0 Å². The maximum Gasteiger partial charge on any atom is 0.277 e. The molecule has 0 aliphatic heterocycles. The third-order valence-corrected chi connectivity index (χ3v) is 4.71. The van der Waals surface area contributed by atoms with Crippen molar-refractivity contribution in [3.63, 3.8) is 0 Å². The highest BCUT2D eigenvalue weighted by Gasteiger charge is 2.14. The van der Waals surface area contributed by atoms with Gasteiger partial charge in [-0.3, -0.25) is 10.1 Å². The van der Waals surface area contributed by atoms with E-state index < -0.39 is 0 Å². The first-order chi connectivity index (χ1) is 12.5. The molecular formula is C21H23N3O2. The van der Waals surface area contributed by atoms with Crippen LogP contribution in [0.1, 0.15) is 19.4 Å². The summed E-state index contributed by atoms with van der Waals surface area (Å²) in [6.07, 6.45) is 0. The Kier molecular flexibility index (Phi) is 5.07. The second kappa shape index (κ2) is 7.44. The average Bonchev–Trinajstić information content (AvgIpc) is 2.64. The molecule has 5 nitrogen and oxygen atoms in total. The maximum absolute atomic E-state index is 11.3. The third kappa shape index (κ3) is 3.33. The molecule has 0 radical (unpaired) electrons. The van der Waals surface area contributed by atoms with E-state index in [4.69, 9.17) is 0 Å². The normalized spacial score (nSPS) is 10.7. The lowest BCUT2D eigenvalue weighted by atomic mass is 10.1. The Hall–Kier alpha value is -3.08. The summed E-state index contributed by atoms with van der Waals surface area (Å²) in [5.41, 5.74) is 4.33. The third-order valence-electron chi connectivity index (χ3n) is 4.71. The van der Waals surface area contributed by atoms with Gasteiger partial charge in [0.1, 0.15) is 0 Å². The van der Waals surface area contributed by atoms with Gasteiger partial charge in [0.2, 0.25) is 0 Å². The van der Waals surface area contributed by atoms with Gasteiger partial charge in [-0.1, -0.05) is 18.2 Å². The molecule has 0 unspecified atom stereocenters. The summed E-state index contributed by atoms with van der Waals surface area (Å²) >= 11 is 0. The van der Waals surface area contributed by atoms with Crippen LogP contribution in [0, 0.1) is 17.0 Å². The largest absolute Gasteiger partial charge is 0.372 e. The van der Waals surface area contributed by atoms with E-state index in [0.717, 1.165) is 35.4 Å². The zero-order valence-electron chi connectivity index (χ0n) is 15.3. The summed E-state index contributed by atoms with van der Waals surface area (Å²) in [5, 5.41) is 16.2. The SMILES string of the molecule is CCN(CC)c1ccc(Nc2ccc([N+](=O)[O-])c3ccccc23)c(C)c1. The summed E-state index contributed by atoms with van der Waals surface area (Å²) in [6.45, 7) is 8.30. The molecule has 0 heterocycles. The minimum absolute atomic E-state index is 0.125. The number of rotatable bonds is 6. The van der Waals surface area contributed by atoms with Crippen LogP contribution in [0.2, 0.25) is 0 Å². The Labute approximate surface area is 153 Å². The summed E-state index contributed by atoms with van der Waals surface area (Å²) in [7, 11) is 0. The first-order valence-corrected chi connectivity index (χ1v) is 8.84. The van der Waals surface area contributed by atoms with Crippen molar-refractivity contribution in [2.75, 3.05) is 23.3 Å². The van der Waals surface area contributed by atoms with Crippen molar-refractivity contribution in [2.45, 2.75) is 20.8 Å². The Morgan fingerprint density at radius 3 is 2.23 bits per heavy atom.